The highest BCUT2D eigenvalue weighted by Crippen LogP contribution is 2.25. The van der Waals surface area contributed by atoms with Gasteiger partial charge in [-0.2, -0.15) is 0 Å². The van der Waals surface area contributed by atoms with Gasteiger partial charge in [0.05, 0.1) is 12.5 Å². The van der Waals surface area contributed by atoms with Crippen molar-refractivity contribution in [2.24, 2.45) is 0 Å². The predicted octanol–water partition coefficient (Wildman–Crippen LogP) is 1.67. The van der Waals surface area contributed by atoms with Gasteiger partial charge in [0.2, 0.25) is 0 Å². The molecule has 0 aromatic heterocycles. The Balaban J connectivity index is 2.24. The molecular formula is C14H20N2O2. The highest BCUT2D eigenvalue weighted by atomic mass is 16.4. The van der Waals surface area contributed by atoms with E-state index in [9.17, 15) is 4.79 Å². The van der Waals surface area contributed by atoms with Crippen molar-refractivity contribution in [3.63, 3.8) is 0 Å². The highest BCUT2D eigenvalue weighted by Gasteiger charge is 2.31. The summed E-state index contributed by atoms with van der Waals surface area (Å²) in [6, 6.07) is 10.5. The zero-order valence-corrected chi connectivity index (χ0v) is 10.9. The standard InChI is InChI=1S/C14H20N2O2/c1-11-9-15(2)10-13(8-14(17)18)16(11)12-6-4-3-5-7-12/h3-7,11,13H,8-10H2,1-2H3,(H,17,18)/t11-,13+/m1/s1. The quantitative estimate of drug-likeness (QED) is 0.883. The fourth-order valence-electron chi connectivity index (χ4n) is 2.85. The van der Waals surface area contributed by atoms with E-state index in [-0.39, 0.29) is 12.5 Å². The lowest BCUT2D eigenvalue weighted by Gasteiger charge is -2.45. The first-order valence-corrected chi connectivity index (χ1v) is 6.31. The van der Waals surface area contributed by atoms with E-state index in [1.54, 1.807) is 0 Å². The van der Waals surface area contributed by atoms with E-state index in [2.05, 4.69) is 28.9 Å². The Morgan fingerprint density at radius 1 is 1.33 bits per heavy atom. The molecule has 1 aliphatic rings. The number of aliphatic carboxylic acids is 1. The topological polar surface area (TPSA) is 43.8 Å². The second kappa shape index (κ2) is 5.40. The summed E-state index contributed by atoms with van der Waals surface area (Å²) in [5, 5.41) is 9.06. The Morgan fingerprint density at radius 3 is 2.61 bits per heavy atom. The minimum atomic E-state index is -0.733. The number of anilines is 1. The molecule has 0 saturated carbocycles. The van der Waals surface area contributed by atoms with Crippen LogP contribution in [0.1, 0.15) is 13.3 Å². The molecule has 1 heterocycles. The van der Waals surface area contributed by atoms with Gasteiger partial charge in [0.25, 0.3) is 0 Å². The third-order valence-corrected chi connectivity index (χ3v) is 3.43. The van der Waals surface area contributed by atoms with Crippen molar-refractivity contribution < 1.29 is 9.90 Å². The first kappa shape index (κ1) is 12.9. The molecular weight excluding hydrogens is 228 g/mol. The molecule has 0 spiro atoms. The molecule has 0 radical (unpaired) electrons. The summed E-state index contributed by atoms with van der Waals surface area (Å²) in [6.45, 7) is 3.91. The van der Waals surface area contributed by atoms with Crippen LogP contribution in [0.5, 0.6) is 0 Å². The molecule has 2 rings (SSSR count). The van der Waals surface area contributed by atoms with Gasteiger partial charge in [0.15, 0.2) is 0 Å². The Kier molecular flexibility index (Phi) is 3.87. The molecule has 98 valence electrons. The number of para-hydroxylation sites is 1. The Morgan fingerprint density at radius 2 is 2.00 bits per heavy atom. The smallest absolute Gasteiger partial charge is 0.305 e. The molecule has 0 amide bonds. The average Bonchev–Trinajstić information content (AvgIpc) is 2.28. The van der Waals surface area contributed by atoms with Crippen molar-refractivity contribution in [1.82, 2.24) is 4.90 Å². The van der Waals surface area contributed by atoms with E-state index in [0.717, 1.165) is 18.8 Å². The lowest BCUT2D eigenvalue weighted by molar-refractivity contribution is -0.137. The highest BCUT2D eigenvalue weighted by molar-refractivity contribution is 5.69. The van der Waals surface area contributed by atoms with Crippen LogP contribution >= 0.6 is 0 Å². The molecule has 0 aliphatic carbocycles. The number of carboxylic acid groups (broad SMARTS) is 1. The molecule has 1 aromatic carbocycles. The van der Waals surface area contributed by atoms with Gasteiger partial charge < -0.3 is 14.9 Å². The van der Waals surface area contributed by atoms with Crippen molar-refractivity contribution >= 4 is 11.7 Å². The Labute approximate surface area is 108 Å². The van der Waals surface area contributed by atoms with Crippen LogP contribution in [0.25, 0.3) is 0 Å². The molecule has 1 saturated heterocycles. The third-order valence-electron chi connectivity index (χ3n) is 3.43. The normalized spacial score (nSPS) is 25.1. The average molecular weight is 248 g/mol. The summed E-state index contributed by atoms with van der Waals surface area (Å²) < 4.78 is 0. The van der Waals surface area contributed by atoms with Crippen molar-refractivity contribution in [3.8, 4) is 0 Å². The van der Waals surface area contributed by atoms with Gasteiger partial charge in [-0.3, -0.25) is 4.79 Å². The molecule has 4 heteroatoms. The van der Waals surface area contributed by atoms with Crippen LogP contribution in [0.4, 0.5) is 5.69 Å². The molecule has 1 fully saturated rings. The van der Waals surface area contributed by atoms with E-state index >= 15 is 0 Å². The van der Waals surface area contributed by atoms with Crippen LogP contribution in [-0.2, 0) is 4.79 Å². The number of piperazine rings is 1. The second-order valence-corrected chi connectivity index (χ2v) is 5.06. The maximum Gasteiger partial charge on any atom is 0.305 e. The molecule has 1 aliphatic heterocycles. The van der Waals surface area contributed by atoms with Gasteiger partial charge in [0.1, 0.15) is 0 Å². The fourth-order valence-corrected chi connectivity index (χ4v) is 2.85. The zero-order chi connectivity index (χ0) is 13.1. The van der Waals surface area contributed by atoms with Crippen molar-refractivity contribution in [1.29, 1.82) is 0 Å². The van der Waals surface area contributed by atoms with Crippen molar-refractivity contribution in [3.05, 3.63) is 30.3 Å². The number of carbonyl (C=O) groups is 1. The summed E-state index contributed by atoms with van der Waals surface area (Å²) >= 11 is 0. The van der Waals surface area contributed by atoms with Crippen LogP contribution in [-0.4, -0.2) is 48.2 Å². The Bertz CT molecular complexity index is 408. The summed E-state index contributed by atoms with van der Waals surface area (Å²) in [7, 11) is 2.05. The summed E-state index contributed by atoms with van der Waals surface area (Å²) in [5.41, 5.74) is 1.12. The summed E-state index contributed by atoms with van der Waals surface area (Å²) in [5.74, 6) is -0.733. The molecule has 1 N–H and O–H groups in total. The molecule has 0 unspecified atom stereocenters. The van der Waals surface area contributed by atoms with E-state index in [1.165, 1.54) is 0 Å². The molecule has 2 atom stereocenters. The number of carboxylic acids is 1. The number of rotatable bonds is 3. The van der Waals surface area contributed by atoms with Gasteiger partial charge in [-0.15, -0.1) is 0 Å². The zero-order valence-electron chi connectivity index (χ0n) is 10.9. The maximum absolute atomic E-state index is 11.0. The van der Waals surface area contributed by atoms with Crippen LogP contribution in [0.2, 0.25) is 0 Å². The van der Waals surface area contributed by atoms with E-state index < -0.39 is 5.97 Å². The Hall–Kier alpha value is -1.55. The van der Waals surface area contributed by atoms with Crippen molar-refractivity contribution in [2.75, 3.05) is 25.0 Å². The van der Waals surface area contributed by atoms with Gasteiger partial charge in [0, 0.05) is 24.8 Å². The first-order chi connectivity index (χ1) is 8.58. The summed E-state index contributed by atoms with van der Waals surface area (Å²) in [4.78, 5) is 15.5. The third kappa shape index (κ3) is 2.82. The molecule has 1 aromatic rings. The maximum atomic E-state index is 11.0. The largest absolute Gasteiger partial charge is 0.481 e. The van der Waals surface area contributed by atoms with E-state index in [1.807, 2.05) is 25.2 Å². The number of likely N-dealkylation sites (N-methyl/N-ethyl adjacent to an activating group) is 1. The van der Waals surface area contributed by atoms with Crippen LogP contribution in [0.15, 0.2) is 30.3 Å². The molecule has 18 heavy (non-hydrogen) atoms. The minimum absolute atomic E-state index is 0.0404. The number of nitrogens with zero attached hydrogens (tertiary/aromatic N) is 2. The summed E-state index contributed by atoms with van der Waals surface area (Å²) in [6.07, 6.45) is 0.184. The van der Waals surface area contributed by atoms with Gasteiger partial charge in [-0.05, 0) is 26.1 Å². The van der Waals surface area contributed by atoms with Crippen LogP contribution < -0.4 is 4.90 Å². The second-order valence-electron chi connectivity index (χ2n) is 5.06. The molecule has 4 nitrogen and oxygen atoms in total. The molecule has 0 bridgehead atoms. The fraction of sp³-hybridized carbons (Fsp3) is 0.500. The van der Waals surface area contributed by atoms with Gasteiger partial charge in [-0.1, -0.05) is 18.2 Å². The van der Waals surface area contributed by atoms with Crippen molar-refractivity contribution in [2.45, 2.75) is 25.4 Å². The number of hydrogen-bond donors (Lipinski definition) is 1. The van der Waals surface area contributed by atoms with E-state index in [4.69, 9.17) is 5.11 Å². The van der Waals surface area contributed by atoms with Gasteiger partial charge in [-0.25, -0.2) is 0 Å². The van der Waals surface area contributed by atoms with E-state index in [0.29, 0.717) is 6.04 Å². The lowest BCUT2D eigenvalue weighted by Crippen LogP contribution is -2.57. The predicted molar refractivity (Wildman–Crippen MR) is 71.9 cm³/mol. The first-order valence-electron chi connectivity index (χ1n) is 6.31. The number of benzene rings is 1. The van der Waals surface area contributed by atoms with Crippen LogP contribution in [0, 0.1) is 0 Å². The SMILES string of the molecule is C[C@@H]1CN(C)C[C@H](CC(=O)O)N1c1ccccc1. The number of hydrogen-bond acceptors (Lipinski definition) is 3. The lowest BCUT2D eigenvalue weighted by atomic mass is 10.0. The minimum Gasteiger partial charge on any atom is -0.481 e. The van der Waals surface area contributed by atoms with Gasteiger partial charge >= 0.3 is 5.97 Å². The van der Waals surface area contributed by atoms with Crippen LogP contribution in [0.3, 0.4) is 0 Å². The monoisotopic (exact) mass is 248 g/mol.